The summed E-state index contributed by atoms with van der Waals surface area (Å²) in [5.41, 5.74) is 3.83. The van der Waals surface area contributed by atoms with Crippen molar-refractivity contribution in [3.05, 3.63) is 47.3 Å². The van der Waals surface area contributed by atoms with Crippen molar-refractivity contribution >= 4 is 15.7 Å². The molecular formula is C17H23N3O3S. The molecule has 0 saturated carbocycles. The minimum absolute atomic E-state index is 0.281. The quantitative estimate of drug-likeness (QED) is 0.896. The van der Waals surface area contributed by atoms with E-state index in [0.717, 1.165) is 28.9 Å². The van der Waals surface area contributed by atoms with Crippen LogP contribution in [-0.2, 0) is 14.6 Å². The predicted molar refractivity (Wildman–Crippen MR) is 93.9 cm³/mol. The number of hydrogen-bond acceptors (Lipinski definition) is 4. The molecule has 0 saturated heterocycles. The van der Waals surface area contributed by atoms with Crippen molar-refractivity contribution in [3.63, 3.8) is 0 Å². The predicted octanol–water partition coefficient (Wildman–Crippen LogP) is 2.10. The van der Waals surface area contributed by atoms with Gasteiger partial charge in [-0.05, 0) is 51.5 Å². The highest BCUT2D eigenvalue weighted by Gasteiger charge is 2.24. The summed E-state index contributed by atoms with van der Waals surface area (Å²) in [7, 11) is -3.40. The summed E-state index contributed by atoms with van der Waals surface area (Å²) in [6, 6.07) is 9.39. The summed E-state index contributed by atoms with van der Waals surface area (Å²) < 4.78 is 24.8. The molecule has 1 N–H and O–H groups in total. The topological polar surface area (TPSA) is 81.1 Å². The first-order valence-electron chi connectivity index (χ1n) is 7.72. The number of aromatic nitrogens is 2. The third-order valence-electron chi connectivity index (χ3n) is 4.02. The Labute approximate surface area is 142 Å². The molecule has 0 aliphatic carbocycles. The van der Waals surface area contributed by atoms with Gasteiger partial charge in [0.1, 0.15) is 5.25 Å². The highest BCUT2D eigenvalue weighted by molar-refractivity contribution is 7.92. The Bertz CT molecular complexity index is 838. The van der Waals surface area contributed by atoms with E-state index in [1.807, 2.05) is 55.8 Å². The second kappa shape index (κ2) is 6.76. The molecule has 1 amide bonds. The zero-order chi connectivity index (χ0) is 18.1. The van der Waals surface area contributed by atoms with E-state index in [0.29, 0.717) is 0 Å². The number of sulfone groups is 1. The van der Waals surface area contributed by atoms with Crippen LogP contribution in [0.4, 0.5) is 0 Å². The maximum absolute atomic E-state index is 12.0. The lowest BCUT2D eigenvalue weighted by Gasteiger charge is -2.17. The van der Waals surface area contributed by atoms with Crippen LogP contribution >= 0.6 is 0 Å². The number of aryl methyl sites for hydroxylation is 2. The largest absolute Gasteiger partial charge is 0.348 e. The Balaban J connectivity index is 2.13. The first-order valence-corrected chi connectivity index (χ1v) is 9.68. The molecule has 6 nitrogen and oxygen atoms in total. The van der Waals surface area contributed by atoms with Crippen LogP contribution in [-0.4, -0.2) is 35.6 Å². The molecule has 1 aromatic carbocycles. The molecule has 0 unspecified atom stereocenters. The van der Waals surface area contributed by atoms with Gasteiger partial charge in [0.05, 0.1) is 17.4 Å². The molecule has 0 aliphatic heterocycles. The molecule has 1 aromatic heterocycles. The molecule has 1 heterocycles. The number of rotatable bonds is 5. The average molecular weight is 349 g/mol. The van der Waals surface area contributed by atoms with E-state index in [4.69, 9.17) is 0 Å². The van der Waals surface area contributed by atoms with Gasteiger partial charge in [0.2, 0.25) is 5.91 Å². The average Bonchev–Trinajstić information content (AvgIpc) is 2.84. The second-order valence-corrected chi connectivity index (χ2v) is 8.50. The molecule has 0 aliphatic rings. The van der Waals surface area contributed by atoms with Crippen LogP contribution < -0.4 is 5.32 Å². The number of benzene rings is 1. The fourth-order valence-electron chi connectivity index (χ4n) is 2.40. The van der Waals surface area contributed by atoms with Gasteiger partial charge in [-0.25, -0.2) is 13.1 Å². The Hall–Kier alpha value is -2.15. The van der Waals surface area contributed by atoms with Crippen molar-refractivity contribution in [3.8, 4) is 5.69 Å². The summed E-state index contributed by atoms with van der Waals surface area (Å²) in [5.74, 6) is -0.493. The fraction of sp³-hybridized carbons (Fsp3) is 0.412. The van der Waals surface area contributed by atoms with Crippen molar-refractivity contribution in [2.24, 2.45) is 0 Å². The fourth-order valence-corrected chi connectivity index (χ4v) is 2.86. The lowest BCUT2D eigenvalue weighted by Crippen LogP contribution is -2.38. The van der Waals surface area contributed by atoms with Crippen molar-refractivity contribution < 1.29 is 13.2 Å². The molecule has 2 aromatic rings. The van der Waals surface area contributed by atoms with Gasteiger partial charge >= 0.3 is 0 Å². The highest BCUT2D eigenvalue weighted by atomic mass is 32.2. The first kappa shape index (κ1) is 18.2. The molecule has 2 rings (SSSR count). The van der Waals surface area contributed by atoms with Gasteiger partial charge in [-0.1, -0.05) is 12.1 Å². The van der Waals surface area contributed by atoms with Gasteiger partial charge in [0.25, 0.3) is 0 Å². The lowest BCUT2D eigenvalue weighted by atomic mass is 10.1. The van der Waals surface area contributed by atoms with Crippen LogP contribution in [0, 0.1) is 13.8 Å². The molecule has 24 heavy (non-hydrogen) atoms. The van der Waals surface area contributed by atoms with Crippen molar-refractivity contribution in [2.75, 3.05) is 6.26 Å². The number of amides is 1. The minimum atomic E-state index is -3.40. The Morgan fingerprint density at radius 2 is 1.75 bits per heavy atom. The van der Waals surface area contributed by atoms with Crippen LogP contribution in [0.25, 0.3) is 5.69 Å². The molecule has 0 bridgehead atoms. The number of carbonyl (C=O) groups excluding carboxylic acids is 1. The number of nitrogens with zero attached hydrogens (tertiary/aromatic N) is 2. The van der Waals surface area contributed by atoms with E-state index in [1.165, 1.54) is 6.92 Å². The maximum atomic E-state index is 12.0. The summed E-state index contributed by atoms with van der Waals surface area (Å²) >= 11 is 0. The van der Waals surface area contributed by atoms with Crippen molar-refractivity contribution in [1.29, 1.82) is 0 Å². The summed E-state index contributed by atoms with van der Waals surface area (Å²) in [4.78, 5) is 12.0. The standard InChI is InChI=1S/C17H23N3O3S/c1-11-10-12(2)20(19-11)16-8-6-15(7-9-16)13(3)18-17(21)14(4)24(5,22)23/h6-10,13-14H,1-5H3,(H,18,21)/t13-,14-/m0/s1. The maximum Gasteiger partial charge on any atom is 0.238 e. The molecular weight excluding hydrogens is 326 g/mol. The Morgan fingerprint density at radius 1 is 1.17 bits per heavy atom. The normalized spacial score (nSPS) is 14.2. The number of hydrogen-bond donors (Lipinski definition) is 1. The molecule has 0 radical (unpaired) electrons. The van der Waals surface area contributed by atoms with Gasteiger partial charge in [0.15, 0.2) is 9.84 Å². The SMILES string of the molecule is Cc1cc(C)n(-c2ccc([C@H](C)NC(=O)[C@H](C)S(C)(=O)=O)cc2)n1. The van der Waals surface area contributed by atoms with E-state index in [1.54, 1.807) is 0 Å². The van der Waals surface area contributed by atoms with Gasteiger partial charge in [0, 0.05) is 11.9 Å². The van der Waals surface area contributed by atoms with Gasteiger partial charge in [-0.3, -0.25) is 4.79 Å². The molecule has 0 fully saturated rings. The number of nitrogens with one attached hydrogen (secondary N) is 1. The van der Waals surface area contributed by atoms with E-state index in [2.05, 4.69) is 10.4 Å². The second-order valence-electron chi connectivity index (χ2n) is 6.13. The molecule has 130 valence electrons. The first-order chi connectivity index (χ1) is 11.1. The molecule has 0 spiro atoms. The highest BCUT2D eigenvalue weighted by Crippen LogP contribution is 2.17. The van der Waals surface area contributed by atoms with Crippen LogP contribution in [0.15, 0.2) is 30.3 Å². The smallest absolute Gasteiger partial charge is 0.238 e. The molecule has 2 atom stereocenters. The molecule has 7 heteroatoms. The van der Waals surface area contributed by atoms with E-state index < -0.39 is 21.0 Å². The van der Waals surface area contributed by atoms with Crippen LogP contribution in [0.3, 0.4) is 0 Å². The Morgan fingerprint density at radius 3 is 2.21 bits per heavy atom. The summed E-state index contributed by atoms with van der Waals surface area (Å²) in [5, 5.41) is 6.11. The minimum Gasteiger partial charge on any atom is -0.348 e. The van der Waals surface area contributed by atoms with Crippen LogP contribution in [0.5, 0.6) is 0 Å². The monoisotopic (exact) mass is 349 g/mol. The van der Waals surface area contributed by atoms with Crippen LogP contribution in [0.1, 0.15) is 36.8 Å². The van der Waals surface area contributed by atoms with E-state index >= 15 is 0 Å². The third-order valence-corrected chi connectivity index (χ3v) is 5.52. The van der Waals surface area contributed by atoms with Gasteiger partial charge in [-0.15, -0.1) is 0 Å². The van der Waals surface area contributed by atoms with E-state index in [9.17, 15) is 13.2 Å². The van der Waals surface area contributed by atoms with Gasteiger partial charge < -0.3 is 5.32 Å². The third kappa shape index (κ3) is 4.03. The summed E-state index contributed by atoms with van der Waals surface area (Å²) in [6.45, 7) is 7.15. The Kier molecular flexibility index (Phi) is 5.13. The lowest BCUT2D eigenvalue weighted by molar-refractivity contribution is -0.121. The summed E-state index contributed by atoms with van der Waals surface area (Å²) in [6.07, 6.45) is 1.06. The van der Waals surface area contributed by atoms with Crippen molar-refractivity contribution in [1.82, 2.24) is 15.1 Å². The van der Waals surface area contributed by atoms with E-state index in [-0.39, 0.29) is 6.04 Å². The zero-order valence-corrected chi connectivity index (χ0v) is 15.4. The zero-order valence-electron chi connectivity index (χ0n) is 14.6. The van der Waals surface area contributed by atoms with Crippen LogP contribution in [0.2, 0.25) is 0 Å². The number of carbonyl (C=O) groups is 1. The van der Waals surface area contributed by atoms with Gasteiger partial charge in [-0.2, -0.15) is 5.10 Å². The van der Waals surface area contributed by atoms with Crippen molar-refractivity contribution in [2.45, 2.75) is 39.0 Å².